The Bertz CT molecular complexity index is 762. The van der Waals surface area contributed by atoms with Gasteiger partial charge in [-0.1, -0.05) is 6.07 Å². The quantitative estimate of drug-likeness (QED) is 0.755. The summed E-state index contributed by atoms with van der Waals surface area (Å²) in [6.07, 6.45) is 4.35. The van der Waals surface area contributed by atoms with Crippen molar-refractivity contribution in [2.75, 3.05) is 13.1 Å². The Morgan fingerprint density at radius 3 is 2.84 bits per heavy atom. The Labute approximate surface area is 147 Å². The molecule has 1 unspecified atom stereocenters. The molecule has 6 rings (SSSR count). The average Bonchev–Trinajstić information content (AvgIpc) is 3.32. The fourth-order valence-electron chi connectivity index (χ4n) is 6.46. The summed E-state index contributed by atoms with van der Waals surface area (Å²) in [5, 5.41) is 33.1. The van der Waals surface area contributed by atoms with E-state index in [4.69, 9.17) is 4.74 Å². The molecule has 134 valence electrons. The lowest BCUT2D eigenvalue weighted by Crippen LogP contribution is -2.77. The molecule has 2 aliphatic heterocycles. The number of likely N-dealkylation sites (tertiary alicyclic amines) is 1. The molecule has 25 heavy (non-hydrogen) atoms. The third-order valence-electron chi connectivity index (χ3n) is 7.73. The van der Waals surface area contributed by atoms with Crippen LogP contribution < -0.4 is 4.74 Å². The molecule has 0 aromatic heterocycles. The molecule has 3 fully saturated rings. The Balaban J connectivity index is 1.57. The summed E-state index contributed by atoms with van der Waals surface area (Å²) in [5.74, 6) is 1.44. The van der Waals surface area contributed by atoms with E-state index in [0.29, 0.717) is 18.6 Å². The second-order valence-electron chi connectivity index (χ2n) is 8.90. The van der Waals surface area contributed by atoms with Gasteiger partial charge >= 0.3 is 0 Å². The highest BCUT2D eigenvalue weighted by Gasteiger charge is 2.72. The van der Waals surface area contributed by atoms with E-state index in [1.807, 2.05) is 6.07 Å². The molecule has 5 heteroatoms. The number of hydrogen-bond acceptors (Lipinski definition) is 5. The van der Waals surface area contributed by atoms with Gasteiger partial charge in [-0.25, -0.2) is 0 Å². The molecule has 2 saturated carbocycles. The van der Waals surface area contributed by atoms with E-state index in [0.717, 1.165) is 37.4 Å². The highest BCUT2D eigenvalue weighted by atomic mass is 16.5. The van der Waals surface area contributed by atoms with E-state index in [1.165, 1.54) is 18.4 Å². The van der Waals surface area contributed by atoms with Gasteiger partial charge in [-0.2, -0.15) is 0 Å². The van der Waals surface area contributed by atoms with Gasteiger partial charge in [0.1, 0.15) is 6.10 Å². The number of nitrogens with zero attached hydrogens (tertiary/aromatic N) is 1. The lowest BCUT2D eigenvalue weighted by molar-refractivity contribution is -0.208. The highest BCUT2D eigenvalue weighted by Crippen LogP contribution is 2.65. The van der Waals surface area contributed by atoms with Crippen molar-refractivity contribution in [3.05, 3.63) is 23.3 Å². The van der Waals surface area contributed by atoms with Gasteiger partial charge in [0, 0.05) is 18.2 Å². The van der Waals surface area contributed by atoms with Crippen LogP contribution in [0.3, 0.4) is 0 Å². The Morgan fingerprint density at radius 1 is 1.20 bits per heavy atom. The van der Waals surface area contributed by atoms with Crippen molar-refractivity contribution in [1.82, 2.24) is 4.90 Å². The molecule has 0 radical (unpaired) electrons. The van der Waals surface area contributed by atoms with Crippen molar-refractivity contribution in [2.24, 2.45) is 5.92 Å². The normalized spacial score (nSPS) is 44.3. The number of benzene rings is 1. The van der Waals surface area contributed by atoms with Crippen molar-refractivity contribution < 1.29 is 20.1 Å². The SMILES string of the molecule is Oc1ccc2c3c1OC1[C@@H](O)CC[C@]4(O)[C@H](C2)N(CC2CC2)CC[C@@]314. The van der Waals surface area contributed by atoms with Gasteiger partial charge in [-0.15, -0.1) is 0 Å². The van der Waals surface area contributed by atoms with E-state index in [1.54, 1.807) is 6.07 Å². The number of phenols is 1. The topological polar surface area (TPSA) is 73.2 Å². The second kappa shape index (κ2) is 4.51. The molecular weight excluding hydrogens is 318 g/mol. The highest BCUT2D eigenvalue weighted by molar-refractivity contribution is 5.62. The van der Waals surface area contributed by atoms with E-state index in [2.05, 4.69) is 4.90 Å². The molecule has 5 nitrogen and oxygen atoms in total. The minimum Gasteiger partial charge on any atom is -0.504 e. The van der Waals surface area contributed by atoms with Crippen LogP contribution in [0, 0.1) is 5.92 Å². The predicted molar refractivity (Wildman–Crippen MR) is 90.8 cm³/mol. The van der Waals surface area contributed by atoms with E-state index >= 15 is 0 Å². The molecule has 3 N–H and O–H groups in total. The smallest absolute Gasteiger partial charge is 0.165 e. The minimum atomic E-state index is -0.879. The largest absolute Gasteiger partial charge is 0.504 e. The second-order valence-corrected chi connectivity index (χ2v) is 8.90. The molecule has 2 heterocycles. The summed E-state index contributed by atoms with van der Waals surface area (Å²) in [6.45, 7) is 2.02. The first kappa shape index (κ1) is 14.8. The maximum atomic E-state index is 12.0. The van der Waals surface area contributed by atoms with Crippen molar-refractivity contribution in [3.8, 4) is 11.5 Å². The Hall–Kier alpha value is -1.30. The van der Waals surface area contributed by atoms with Crippen LogP contribution in [-0.2, 0) is 11.8 Å². The van der Waals surface area contributed by atoms with Gasteiger partial charge in [0.05, 0.1) is 17.1 Å². The number of aliphatic hydroxyl groups is 2. The number of aliphatic hydroxyl groups excluding tert-OH is 1. The molecule has 0 amide bonds. The van der Waals surface area contributed by atoms with Crippen molar-refractivity contribution >= 4 is 0 Å². The Kier molecular flexibility index (Phi) is 2.67. The van der Waals surface area contributed by atoms with Gasteiger partial charge in [-0.3, -0.25) is 4.90 Å². The molecule has 1 spiro atoms. The summed E-state index contributed by atoms with van der Waals surface area (Å²) >= 11 is 0. The third-order valence-corrected chi connectivity index (χ3v) is 7.73. The zero-order valence-electron chi connectivity index (χ0n) is 14.3. The number of hydrogen-bond donors (Lipinski definition) is 3. The fraction of sp³-hybridized carbons (Fsp3) is 0.700. The van der Waals surface area contributed by atoms with Crippen LogP contribution in [0.25, 0.3) is 0 Å². The first-order chi connectivity index (χ1) is 12.0. The average molecular weight is 343 g/mol. The first-order valence-electron chi connectivity index (χ1n) is 9.71. The van der Waals surface area contributed by atoms with Crippen LogP contribution in [0.1, 0.15) is 43.2 Å². The maximum Gasteiger partial charge on any atom is 0.165 e. The zero-order valence-corrected chi connectivity index (χ0v) is 14.3. The van der Waals surface area contributed by atoms with Crippen molar-refractivity contribution in [1.29, 1.82) is 0 Å². The Morgan fingerprint density at radius 2 is 2.04 bits per heavy atom. The van der Waals surface area contributed by atoms with Gasteiger partial charge < -0.3 is 20.1 Å². The lowest BCUT2D eigenvalue weighted by atomic mass is 9.48. The fourth-order valence-corrected chi connectivity index (χ4v) is 6.46. The summed E-state index contributed by atoms with van der Waals surface area (Å²) < 4.78 is 6.14. The van der Waals surface area contributed by atoms with Crippen LogP contribution >= 0.6 is 0 Å². The van der Waals surface area contributed by atoms with E-state index in [9.17, 15) is 15.3 Å². The summed E-state index contributed by atoms with van der Waals surface area (Å²) in [4.78, 5) is 2.51. The van der Waals surface area contributed by atoms with Crippen LogP contribution in [0.15, 0.2) is 12.1 Å². The minimum absolute atomic E-state index is 0.0865. The predicted octanol–water partition coefficient (Wildman–Crippen LogP) is 1.32. The summed E-state index contributed by atoms with van der Waals surface area (Å²) in [6, 6.07) is 3.79. The van der Waals surface area contributed by atoms with Crippen LogP contribution in [0.2, 0.25) is 0 Å². The molecule has 1 aromatic rings. The van der Waals surface area contributed by atoms with Gasteiger partial charge in [0.2, 0.25) is 0 Å². The zero-order chi connectivity index (χ0) is 17.0. The van der Waals surface area contributed by atoms with Gasteiger partial charge in [0.15, 0.2) is 11.5 Å². The molecule has 5 aliphatic rings. The van der Waals surface area contributed by atoms with E-state index in [-0.39, 0.29) is 11.8 Å². The molecule has 1 saturated heterocycles. The number of phenolic OH excluding ortho intramolecular Hbond substituents is 1. The monoisotopic (exact) mass is 343 g/mol. The first-order valence-corrected chi connectivity index (χ1v) is 9.71. The molecule has 2 bridgehead atoms. The number of rotatable bonds is 2. The standard InChI is InChI=1S/C20H25NO4/c22-13-4-3-12-9-15-20(24)6-5-14(23)18-19(20,16(12)17(13)25-18)7-8-21(15)10-11-1-2-11/h3-4,11,14-15,18,22-24H,1-2,5-10H2/t14-,15-,18?,19+,20-/m0/s1. The molecular formula is C20H25NO4. The van der Waals surface area contributed by atoms with Gasteiger partial charge in [0.25, 0.3) is 0 Å². The summed E-state index contributed by atoms with van der Waals surface area (Å²) in [5.41, 5.74) is 0.716. The van der Waals surface area contributed by atoms with Crippen LogP contribution in [0.4, 0.5) is 0 Å². The van der Waals surface area contributed by atoms with Crippen LogP contribution in [-0.4, -0.2) is 57.2 Å². The third kappa shape index (κ3) is 1.61. The van der Waals surface area contributed by atoms with Crippen LogP contribution in [0.5, 0.6) is 11.5 Å². The maximum absolute atomic E-state index is 12.0. The van der Waals surface area contributed by atoms with Crippen molar-refractivity contribution in [3.63, 3.8) is 0 Å². The lowest BCUT2D eigenvalue weighted by Gasteiger charge is -2.63. The van der Waals surface area contributed by atoms with E-state index < -0.39 is 23.2 Å². The summed E-state index contributed by atoms with van der Waals surface area (Å²) in [7, 11) is 0. The van der Waals surface area contributed by atoms with Crippen molar-refractivity contribution in [2.45, 2.75) is 67.8 Å². The number of piperidine rings is 1. The molecule has 1 aromatic carbocycles. The van der Waals surface area contributed by atoms with Gasteiger partial charge in [-0.05, 0) is 62.6 Å². The molecule has 5 atom stereocenters. The number of aromatic hydroxyl groups is 1. The number of ether oxygens (including phenoxy) is 1. The molecule has 3 aliphatic carbocycles.